The van der Waals surface area contributed by atoms with Crippen LogP contribution in [0.2, 0.25) is 0 Å². The Hall–Kier alpha value is -0.610. The molecule has 2 heterocycles. The fourth-order valence-electron chi connectivity index (χ4n) is 3.74. The highest BCUT2D eigenvalue weighted by Gasteiger charge is 2.33. The lowest BCUT2D eigenvalue weighted by Crippen LogP contribution is -2.49. The van der Waals surface area contributed by atoms with Gasteiger partial charge in [0.05, 0.1) is 6.61 Å². The first-order chi connectivity index (χ1) is 9.76. The lowest BCUT2D eigenvalue weighted by atomic mass is 9.84. The van der Waals surface area contributed by atoms with E-state index in [9.17, 15) is 4.79 Å². The third-order valence-electron chi connectivity index (χ3n) is 4.90. The van der Waals surface area contributed by atoms with Crippen molar-refractivity contribution in [2.75, 3.05) is 39.4 Å². The maximum atomic E-state index is 11.9. The van der Waals surface area contributed by atoms with Crippen molar-refractivity contribution in [3.05, 3.63) is 0 Å². The second-order valence-electron chi connectivity index (χ2n) is 6.08. The summed E-state index contributed by atoms with van der Waals surface area (Å²) in [6.07, 6.45) is 6.58. The fraction of sp³-hybridized carbons (Fsp3) is 0.938. The largest absolute Gasteiger partial charge is 0.371 e. The molecule has 116 valence electrons. The van der Waals surface area contributed by atoms with Crippen LogP contribution in [0.5, 0.6) is 0 Å². The van der Waals surface area contributed by atoms with Crippen LogP contribution in [0.3, 0.4) is 0 Å². The summed E-state index contributed by atoms with van der Waals surface area (Å²) in [6.45, 7) is 9.13. The van der Waals surface area contributed by atoms with E-state index in [0.29, 0.717) is 12.0 Å². The number of rotatable bonds is 6. The first-order valence-corrected chi connectivity index (χ1v) is 8.35. The van der Waals surface area contributed by atoms with Crippen molar-refractivity contribution in [1.82, 2.24) is 9.80 Å². The average molecular weight is 282 g/mol. The molecular weight excluding hydrogens is 252 g/mol. The first-order valence-electron chi connectivity index (χ1n) is 8.35. The minimum atomic E-state index is 0.131. The highest BCUT2D eigenvalue weighted by Crippen LogP contribution is 2.30. The van der Waals surface area contributed by atoms with Crippen LogP contribution in [-0.4, -0.2) is 61.1 Å². The van der Waals surface area contributed by atoms with Crippen LogP contribution in [0.4, 0.5) is 0 Å². The maximum Gasteiger partial charge on any atom is 0.248 e. The van der Waals surface area contributed by atoms with Gasteiger partial charge in [-0.1, -0.05) is 6.42 Å². The van der Waals surface area contributed by atoms with Crippen LogP contribution < -0.4 is 0 Å². The highest BCUT2D eigenvalue weighted by molar-refractivity contribution is 5.77. The number of hydrogen-bond acceptors (Lipinski definition) is 3. The van der Waals surface area contributed by atoms with Gasteiger partial charge in [-0.3, -0.25) is 4.79 Å². The summed E-state index contributed by atoms with van der Waals surface area (Å²) in [6, 6.07) is 0.709. The predicted octanol–water partition coefficient (Wildman–Crippen LogP) is 2.14. The van der Waals surface area contributed by atoms with Crippen molar-refractivity contribution >= 4 is 5.91 Å². The van der Waals surface area contributed by atoms with Crippen LogP contribution >= 0.6 is 0 Å². The number of ether oxygens (including phenoxy) is 1. The van der Waals surface area contributed by atoms with Crippen LogP contribution in [0.1, 0.15) is 46.0 Å². The molecule has 2 aliphatic rings. The molecule has 0 aromatic rings. The quantitative estimate of drug-likeness (QED) is 0.748. The number of likely N-dealkylation sites (N-methyl/N-ethyl adjacent to an activating group) is 1. The van der Waals surface area contributed by atoms with Gasteiger partial charge in [0, 0.05) is 19.1 Å². The Kier molecular flexibility index (Phi) is 6.30. The third kappa shape index (κ3) is 3.95. The van der Waals surface area contributed by atoms with Gasteiger partial charge in [0.25, 0.3) is 0 Å². The Bertz CT molecular complexity index is 303. The topological polar surface area (TPSA) is 32.8 Å². The van der Waals surface area contributed by atoms with E-state index in [1.807, 2.05) is 18.7 Å². The zero-order valence-corrected chi connectivity index (χ0v) is 13.1. The molecule has 0 unspecified atom stereocenters. The van der Waals surface area contributed by atoms with Crippen LogP contribution in [0, 0.1) is 5.92 Å². The summed E-state index contributed by atoms with van der Waals surface area (Å²) >= 11 is 0. The fourth-order valence-corrected chi connectivity index (χ4v) is 3.74. The minimum Gasteiger partial charge on any atom is -0.371 e. The Balaban J connectivity index is 1.74. The van der Waals surface area contributed by atoms with Crippen molar-refractivity contribution in [1.29, 1.82) is 0 Å². The summed E-state index contributed by atoms with van der Waals surface area (Å²) in [5.41, 5.74) is 0. The molecule has 0 spiro atoms. The van der Waals surface area contributed by atoms with Gasteiger partial charge in [-0.2, -0.15) is 0 Å². The maximum absolute atomic E-state index is 11.9. The molecule has 20 heavy (non-hydrogen) atoms. The van der Waals surface area contributed by atoms with E-state index in [0.717, 1.165) is 19.7 Å². The van der Waals surface area contributed by atoms with Crippen molar-refractivity contribution < 1.29 is 9.53 Å². The van der Waals surface area contributed by atoms with Gasteiger partial charge >= 0.3 is 0 Å². The molecular formula is C16H30N2O2. The number of carbonyl (C=O) groups is 1. The standard InChI is InChI=1S/C16H30N2O2/c1-3-17(4-2)16(19)13-20-12-14-8-7-11-18-10-6-5-9-15(14)18/h14-15H,3-13H2,1-2H3/t14-,15-/m0/s1. The number of nitrogens with zero attached hydrogens (tertiary/aromatic N) is 2. The van der Waals surface area contributed by atoms with E-state index < -0.39 is 0 Å². The number of hydrogen-bond donors (Lipinski definition) is 0. The van der Waals surface area contributed by atoms with Crippen molar-refractivity contribution in [3.8, 4) is 0 Å². The van der Waals surface area contributed by atoms with E-state index in [1.165, 1.54) is 45.2 Å². The smallest absolute Gasteiger partial charge is 0.248 e. The molecule has 0 aromatic heterocycles. The van der Waals surface area contributed by atoms with E-state index in [-0.39, 0.29) is 12.5 Å². The van der Waals surface area contributed by atoms with Gasteiger partial charge in [-0.05, 0) is 58.5 Å². The van der Waals surface area contributed by atoms with Crippen LogP contribution in [-0.2, 0) is 9.53 Å². The zero-order chi connectivity index (χ0) is 14.4. The van der Waals surface area contributed by atoms with Gasteiger partial charge in [-0.15, -0.1) is 0 Å². The lowest BCUT2D eigenvalue weighted by molar-refractivity contribution is -0.136. The number of carbonyl (C=O) groups excluding carboxylic acids is 1. The molecule has 2 aliphatic heterocycles. The summed E-state index contributed by atoms with van der Waals surface area (Å²) in [5, 5.41) is 0. The highest BCUT2D eigenvalue weighted by atomic mass is 16.5. The predicted molar refractivity (Wildman–Crippen MR) is 80.7 cm³/mol. The molecule has 2 fully saturated rings. The second-order valence-corrected chi connectivity index (χ2v) is 6.08. The summed E-state index contributed by atoms with van der Waals surface area (Å²) in [5.74, 6) is 0.764. The summed E-state index contributed by atoms with van der Waals surface area (Å²) in [7, 11) is 0. The molecule has 0 N–H and O–H groups in total. The number of fused-ring (bicyclic) bond motifs is 1. The Labute approximate surface area is 123 Å². The number of piperidine rings is 2. The van der Waals surface area contributed by atoms with Gasteiger partial charge < -0.3 is 14.5 Å². The number of amides is 1. The van der Waals surface area contributed by atoms with E-state index in [2.05, 4.69) is 4.90 Å². The molecule has 2 rings (SSSR count). The average Bonchev–Trinajstić information content (AvgIpc) is 2.49. The molecule has 0 bridgehead atoms. The van der Waals surface area contributed by atoms with Gasteiger partial charge in [0.15, 0.2) is 0 Å². The summed E-state index contributed by atoms with van der Waals surface area (Å²) < 4.78 is 5.75. The summed E-state index contributed by atoms with van der Waals surface area (Å²) in [4.78, 5) is 16.4. The zero-order valence-electron chi connectivity index (χ0n) is 13.1. The molecule has 0 aromatic carbocycles. The monoisotopic (exact) mass is 282 g/mol. The van der Waals surface area contributed by atoms with Crippen molar-refractivity contribution in [2.24, 2.45) is 5.92 Å². The molecule has 0 saturated carbocycles. The van der Waals surface area contributed by atoms with Gasteiger partial charge in [-0.25, -0.2) is 0 Å². The molecule has 2 atom stereocenters. The minimum absolute atomic E-state index is 0.131. The Morgan fingerprint density at radius 3 is 2.65 bits per heavy atom. The lowest BCUT2D eigenvalue weighted by Gasteiger charge is -2.44. The van der Waals surface area contributed by atoms with Gasteiger partial charge in [0.1, 0.15) is 6.61 Å². The van der Waals surface area contributed by atoms with Crippen molar-refractivity contribution in [3.63, 3.8) is 0 Å². The SMILES string of the molecule is CCN(CC)C(=O)COC[C@@H]1CCCN2CCCC[C@@H]12. The first kappa shape index (κ1) is 15.8. The second kappa shape index (κ2) is 7.99. The molecule has 4 heteroatoms. The normalized spacial score (nSPS) is 27.1. The van der Waals surface area contributed by atoms with Crippen molar-refractivity contribution in [2.45, 2.75) is 52.0 Å². The molecule has 0 aliphatic carbocycles. The Morgan fingerprint density at radius 1 is 1.15 bits per heavy atom. The van der Waals surface area contributed by atoms with E-state index in [1.54, 1.807) is 0 Å². The van der Waals surface area contributed by atoms with E-state index in [4.69, 9.17) is 4.74 Å². The van der Waals surface area contributed by atoms with Crippen LogP contribution in [0.25, 0.3) is 0 Å². The molecule has 1 amide bonds. The van der Waals surface area contributed by atoms with E-state index >= 15 is 0 Å². The van der Waals surface area contributed by atoms with Gasteiger partial charge in [0.2, 0.25) is 5.91 Å². The molecule has 0 radical (unpaired) electrons. The Morgan fingerprint density at radius 2 is 1.90 bits per heavy atom. The molecule has 4 nitrogen and oxygen atoms in total. The molecule has 2 saturated heterocycles. The third-order valence-corrected chi connectivity index (χ3v) is 4.90. The van der Waals surface area contributed by atoms with Crippen LogP contribution in [0.15, 0.2) is 0 Å².